The molecule has 0 unspecified atom stereocenters. The Morgan fingerprint density at radius 2 is 1.65 bits per heavy atom. The molecule has 2 rings (SSSR count). The number of benzene rings is 2. The molecule has 0 aliphatic heterocycles. The van der Waals surface area contributed by atoms with Gasteiger partial charge in [-0.25, -0.2) is 0 Å². The number of carbonyl (C=O) groups excluding carboxylic acids is 1. The Kier molecular flexibility index (Phi) is 4.23. The maximum absolute atomic E-state index is 12.2. The summed E-state index contributed by atoms with van der Waals surface area (Å²) in [5.41, 5.74) is 5.02. The Hall–Kier alpha value is -2.09. The minimum Gasteiger partial charge on any atom is -0.322 e. The standard InChI is InChI=1S/C18H21NO/c1-12(2)15-7-9-16(10-8-15)18(20)19-17-11-13(3)5-6-14(17)4/h5-12H,1-4H3,(H,19,20). The van der Waals surface area contributed by atoms with E-state index in [9.17, 15) is 4.79 Å². The van der Waals surface area contributed by atoms with Gasteiger partial charge in [-0.15, -0.1) is 0 Å². The quantitative estimate of drug-likeness (QED) is 0.859. The second kappa shape index (κ2) is 5.91. The van der Waals surface area contributed by atoms with Gasteiger partial charge >= 0.3 is 0 Å². The summed E-state index contributed by atoms with van der Waals surface area (Å²) in [5.74, 6) is 0.417. The average Bonchev–Trinajstić information content (AvgIpc) is 2.43. The summed E-state index contributed by atoms with van der Waals surface area (Å²) in [7, 11) is 0. The minimum atomic E-state index is -0.0611. The van der Waals surface area contributed by atoms with Crippen molar-refractivity contribution in [3.63, 3.8) is 0 Å². The molecule has 0 saturated carbocycles. The van der Waals surface area contributed by atoms with Crippen LogP contribution in [0.4, 0.5) is 5.69 Å². The third-order valence-electron chi connectivity index (χ3n) is 3.48. The van der Waals surface area contributed by atoms with E-state index in [2.05, 4.69) is 19.2 Å². The minimum absolute atomic E-state index is 0.0611. The summed E-state index contributed by atoms with van der Waals surface area (Å²) in [4.78, 5) is 12.2. The van der Waals surface area contributed by atoms with Crippen molar-refractivity contribution >= 4 is 11.6 Å². The van der Waals surface area contributed by atoms with Crippen LogP contribution in [-0.2, 0) is 0 Å². The molecule has 0 fully saturated rings. The molecule has 0 spiro atoms. The molecule has 2 aromatic carbocycles. The molecule has 0 aromatic heterocycles. The van der Waals surface area contributed by atoms with Gasteiger partial charge in [0.15, 0.2) is 0 Å². The van der Waals surface area contributed by atoms with Crippen molar-refractivity contribution in [2.24, 2.45) is 0 Å². The fourth-order valence-corrected chi connectivity index (χ4v) is 2.08. The van der Waals surface area contributed by atoms with Crippen molar-refractivity contribution in [3.8, 4) is 0 Å². The highest BCUT2D eigenvalue weighted by atomic mass is 16.1. The zero-order valence-corrected chi connectivity index (χ0v) is 12.5. The second-order valence-corrected chi connectivity index (χ2v) is 5.55. The number of hydrogen-bond donors (Lipinski definition) is 1. The largest absolute Gasteiger partial charge is 0.322 e. The predicted octanol–water partition coefficient (Wildman–Crippen LogP) is 4.68. The van der Waals surface area contributed by atoms with Crippen LogP contribution in [0.15, 0.2) is 42.5 Å². The third-order valence-corrected chi connectivity index (χ3v) is 3.48. The maximum atomic E-state index is 12.2. The SMILES string of the molecule is Cc1ccc(C)c(NC(=O)c2ccc(C(C)C)cc2)c1. The number of nitrogens with one attached hydrogen (secondary N) is 1. The molecule has 0 heterocycles. The molecule has 0 saturated heterocycles. The molecule has 2 heteroatoms. The van der Waals surface area contributed by atoms with Gasteiger partial charge in [0, 0.05) is 11.3 Å². The Bertz CT molecular complexity index is 612. The molecule has 104 valence electrons. The number of amides is 1. The molecule has 2 nitrogen and oxygen atoms in total. The molecular formula is C18H21NO. The van der Waals surface area contributed by atoms with Crippen LogP contribution < -0.4 is 5.32 Å². The Labute approximate surface area is 120 Å². The van der Waals surface area contributed by atoms with Gasteiger partial charge in [-0.1, -0.05) is 38.1 Å². The van der Waals surface area contributed by atoms with E-state index >= 15 is 0 Å². The number of anilines is 1. The lowest BCUT2D eigenvalue weighted by molar-refractivity contribution is 0.102. The number of rotatable bonds is 3. The maximum Gasteiger partial charge on any atom is 0.255 e. The molecule has 0 atom stereocenters. The summed E-state index contributed by atoms with van der Waals surface area (Å²) in [5, 5.41) is 2.98. The van der Waals surface area contributed by atoms with Crippen molar-refractivity contribution in [2.45, 2.75) is 33.6 Å². The van der Waals surface area contributed by atoms with Gasteiger partial charge in [0.05, 0.1) is 0 Å². The molecule has 2 aromatic rings. The molecule has 0 aliphatic rings. The molecule has 0 bridgehead atoms. The van der Waals surface area contributed by atoms with E-state index in [0.717, 1.165) is 16.8 Å². The zero-order valence-electron chi connectivity index (χ0n) is 12.5. The Morgan fingerprint density at radius 1 is 1.00 bits per heavy atom. The number of hydrogen-bond acceptors (Lipinski definition) is 1. The van der Waals surface area contributed by atoms with Gasteiger partial charge in [0.2, 0.25) is 0 Å². The summed E-state index contributed by atoms with van der Waals surface area (Å²) < 4.78 is 0. The molecule has 0 radical (unpaired) electrons. The molecule has 0 aliphatic carbocycles. The Balaban J connectivity index is 2.17. The van der Waals surface area contributed by atoms with E-state index in [4.69, 9.17) is 0 Å². The van der Waals surface area contributed by atoms with Crippen LogP contribution in [0.2, 0.25) is 0 Å². The predicted molar refractivity (Wildman–Crippen MR) is 84.4 cm³/mol. The first kappa shape index (κ1) is 14.3. The Morgan fingerprint density at radius 3 is 2.25 bits per heavy atom. The zero-order chi connectivity index (χ0) is 14.7. The fraction of sp³-hybridized carbons (Fsp3) is 0.278. The van der Waals surface area contributed by atoms with E-state index in [1.54, 1.807) is 0 Å². The first-order chi connectivity index (χ1) is 9.47. The highest BCUT2D eigenvalue weighted by Crippen LogP contribution is 2.19. The van der Waals surface area contributed by atoms with Gasteiger partial charge in [-0.05, 0) is 54.7 Å². The van der Waals surface area contributed by atoms with Gasteiger partial charge in [-0.2, -0.15) is 0 Å². The third kappa shape index (κ3) is 3.27. The van der Waals surface area contributed by atoms with Crippen LogP contribution in [0.1, 0.15) is 46.8 Å². The van der Waals surface area contributed by atoms with Crippen molar-refractivity contribution in [3.05, 3.63) is 64.7 Å². The van der Waals surface area contributed by atoms with Crippen LogP contribution in [0.5, 0.6) is 0 Å². The summed E-state index contributed by atoms with van der Waals surface area (Å²) in [6, 6.07) is 13.9. The smallest absolute Gasteiger partial charge is 0.255 e. The topological polar surface area (TPSA) is 29.1 Å². The van der Waals surface area contributed by atoms with Crippen LogP contribution in [-0.4, -0.2) is 5.91 Å². The molecule has 1 amide bonds. The van der Waals surface area contributed by atoms with Gasteiger partial charge < -0.3 is 5.32 Å². The van der Waals surface area contributed by atoms with Gasteiger partial charge in [0.25, 0.3) is 5.91 Å². The average molecular weight is 267 g/mol. The van der Waals surface area contributed by atoms with Crippen LogP contribution >= 0.6 is 0 Å². The van der Waals surface area contributed by atoms with Crippen LogP contribution in [0.25, 0.3) is 0 Å². The van der Waals surface area contributed by atoms with Crippen molar-refractivity contribution < 1.29 is 4.79 Å². The lowest BCUT2D eigenvalue weighted by Crippen LogP contribution is -2.13. The van der Waals surface area contributed by atoms with Crippen LogP contribution in [0, 0.1) is 13.8 Å². The van der Waals surface area contributed by atoms with Crippen molar-refractivity contribution in [1.29, 1.82) is 0 Å². The number of carbonyl (C=O) groups is 1. The lowest BCUT2D eigenvalue weighted by atomic mass is 10.0. The van der Waals surface area contributed by atoms with Crippen LogP contribution in [0.3, 0.4) is 0 Å². The molecule has 1 N–H and O–H groups in total. The second-order valence-electron chi connectivity index (χ2n) is 5.55. The molecule has 20 heavy (non-hydrogen) atoms. The summed E-state index contributed by atoms with van der Waals surface area (Å²) in [6.07, 6.45) is 0. The highest BCUT2D eigenvalue weighted by Gasteiger charge is 2.08. The van der Waals surface area contributed by atoms with Crippen molar-refractivity contribution in [1.82, 2.24) is 0 Å². The highest BCUT2D eigenvalue weighted by molar-refractivity contribution is 6.04. The van der Waals surface area contributed by atoms with E-state index in [0.29, 0.717) is 11.5 Å². The first-order valence-electron chi connectivity index (χ1n) is 6.96. The monoisotopic (exact) mass is 267 g/mol. The molecular weight excluding hydrogens is 246 g/mol. The normalized spacial score (nSPS) is 10.7. The first-order valence-corrected chi connectivity index (χ1v) is 6.96. The number of aryl methyl sites for hydroxylation is 2. The van der Waals surface area contributed by atoms with Gasteiger partial charge in [-0.3, -0.25) is 4.79 Å². The van der Waals surface area contributed by atoms with Gasteiger partial charge in [0.1, 0.15) is 0 Å². The summed E-state index contributed by atoms with van der Waals surface area (Å²) >= 11 is 0. The van der Waals surface area contributed by atoms with E-state index in [-0.39, 0.29) is 5.91 Å². The van der Waals surface area contributed by atoms with Crippen molar-refractivity contribution in [2.75, 3.05) is 5.32 Å². The van der Waals surface area contributed by atoms with E-state index < -0.39 is 0 Å². The van der Waals surface area contributed by atoms with E-state index in [1.165, 1.54) is 5.56 Å². The van der Waals surface area contributed by atoms with E-state index in [1.807, 2.05) is 56.3 Å². The fourth-order valence-electron chi connectivity index (χ4n) is 2.08. The lowest BCUT2D eigenvalue weighted by Gasteiger charge is -2.10. The summed E-state index contributed by atoms with van der Waals surface area (Å²) in [6.45, 7) is 8.31.